The first-order chi connectivity index (χ1) is 9.12. The van der Waals surface area contributed by atoms with E-state index in [9.17, 15) is 8.42 Å². The minimum absolute atomic E-state index is 0.209. The largest absolute Gasteiger partial charge is 0.376 e. The van der Waals surface area contributed by atoms with Gasteiger partial charge in [-0.25, -0.2) is 13.1 Å². The minimum Gasteiger partial charge on any atom is -0.376 e. The normalized spacial score (nSPS) is 20.6. The second-order valence-corrected chi connectivity index (χ2v) is 6.96. The first kappa shape index (κ1) is 14.9. The number of hydrogen-bond donors (Lipinski definition) is 2. The maximum Gasteiger partial charge on any atom is 0.241 e. The molecular weight excluding hydrogens is 288 g/mol. The Bertz CT molecular complexity index is 495. The molecule has 19 heavy (non-hydrogen) atoms. The lowest BCUT2D eigenvalue weighted by Gasteiger charge is -2.22. The van der Waals surface area contributed by atoms with E-state index in [2.05, 4.69) is 10.0 Å². The van der Waals surface area contributed by atoms with Crippen molar-refractivity contribution < 1.29 is 17.9 Å². The lowest BCUT2D eigenvalue weighted by molar-refractivity contribution is -0.0846. The molecule has 1 saturated heterocycles. The standard InChI is InChI=1S/C11H18N2O4S2/c1-12-6-10-4-11(8-18-10)19(14,15)13-5-9-7-16-2-3-17-9/h4,8-9,12-13H,2-3,5-7H2,1H3. The van der Waals surface area contributed by atoms with Gasteiger partial charge in [0, 0.05) is 23.3 Å². The molecule has 0 aromatic carbocycles. The Morgan fingerprint density at radius 3 is 3.00 bits per heavy atom. The van der Waals surface area contributed by atoms with Crippen LogP contribution in [0.3, 0.4) is 0 Å². The van der Waals surface area contributed by atoms with E-state index in [0.717, 1.165) is 4.88 Å². The van der Waals surface area contributed by atoms with E-state index in [1.54, 1.807) is 11.4 Å². The topological polar surface area (TPSA) is 76.7 Å². The molecule has 2 heterocycles. The Morgan fingerprint density at radius 1 is 1.47 bits per heavy atom. The molecule has 1 aliphatic rings. The second-order valence-electron chi connectivity index (χ2n) is 4.20. The molecule has 2 N–H and O–H groups in total. The first-order valence-corrected chi connectivity index (χ1v) is 8.39. The zero-order chi connectivity index (χ0) is 13.7. The summed E-state index contributed by atoms with van der Waals surface area (Å²) >= 11 is 1.42. The van der Waals surface area contributed by atoms with E-state index in [1.165, 1.54) is 11.3 Å². The summed E-state index contributed by atoms with van der Waals surface area (Å²) in [6.07, 6.45) is -0.209. The van der Waals surface area contributed by atoms with Gasteiger partial charge in [-0.15, -0.1) is 11.3 Å². The van der Waals surface area contributed by atoms with Crippen LogP contribution in [0.1, 0.15) is 4.88 Å². The van der Waals surface area contributed by atoms with E-state index in [0.29, 0.717) is 31.3 Å². The van der Waals surface area contributed by atoms with E-state index < -0.39 is 10.0 Å². The van der Waals surface area contributed by atoms with Gasteiger partial charge in [-0.3, -0.25) is 0 Å². The molecule has 1 aromatic heterocycles. The highest BCUT2D eigenvalue weighted by Gasteiger charge is 2.20. The van der Waals surface area contributed by atoms with Gasteiger partial charge < -0.3 is 14.8 Å². The second kappa shape index (κ2) is 6.78. The molecule has 0 spiro atoms. The van der Waals surface area contributed by atoms with Gasteiger partial charge in [0.15, 0.2) is 0 Å². The molecule has 1 unspecified atom stereocenters. The van der Waals surface area contributed by atoms with E-state index in [-0.39, 0.29) is 12.6 Å². The van der Waals surface area contributed by atoms with Crippen LogP contribution in [-0.2, 0) is 26.0 Å². The SMILES string of the molecule is CNCc1cc(S(=O)(=O)NCC2COCCO2)cs1. The highest BCUT2D eigenvalue weighted by molar-refractivity contribution is 7.89. The van der Waals surface area contributed by atoms with Crippen LogP contribution in [0.15, 0.2) is 16.3 Å². The number of sulfonamides is 1. The molecule has 0 saturated carbocycles. The molecule has 1 aromatic rings. The fraction of sp³-hybridized carbons (Fsp3) is 0.636. The summed E-state index contributed by atoms with van der Waals surface area (Å²) in [5.74, 6) is 0. The molecule has 2 rings (SSSR count). The smallest absolute Gasteiger partial charge is 0.241 e. The highest BCUT2D eigenvalue weighted by Crippen LogP contribution is 2.19. The van der Waals surface area contributed by atoms with Crippen LogP contribution in [0.5, 0.6) is 0 Å². The van der Waals surface area contributed by atoms with Crippen molar-refractivity contribution in [3.8, 4) is 0 Å². The summed E-state index contributed by atoms with van der Waals surface area (Å²) in [7, 11) is -1.63. The Hall–Kier alpha value is -0.510. The number of thiophene rings is 1. The summed E-state index contributed by atoms with van der Waals surface area (Å²) in [5, 5.41) is 4.64. The molecule has 0 amide bonds. The molecule has 0 aliphatic carbocycles. The third-order valence-electron chi connectivity index (χ3n) is 2.68. The van der Waals surface area contributed by atoms with Crippen molar-refractivity contribution >= 4 is 21.4 Å². The van der Waals surface area contributed by atoms with E-state index in [1.807, 2.05) is 7.05 Å². The molecule has 0 radical (unpaired) electrons. The fourth-order valence-corrected chi connectivity index (χ4v) is 4.06. The van der Waals surface area contributed by atoms with Crippen LogP contribution in [0.25, 0.3) is 0 Å². The van der Waals surface area contributed by atoms with Gasteiger partial charge in [0.25, 0.3) is 0 Å². The minimum atomic E-state index is -3.46. The zero-order valence-corrected chi connectivity index (χ0v) is 12.4. The lowest BCUT2D eigenvalue weighted by atomic mass is 10.3. The summed E-state index contributed by atoms with van der Waals surface area (Å²) in [6.45, 7) is 2.41. The third-order valence-corrected chi connectivity index (χ3v) is 5.17. The fourth-order valence-electron chi connectivity index (χ4n) is 1.71. The third kappa shape index (κ3) is 4.23. The predicted molar refractivity (Wildman–Crippen MR) is 72.8 cm³/mol. The van der Waals surface area contributed by atoms with E-state index >= 15 is 0 Å². The van der Waals surface area contributed by atoms with Crippen molar-refractivity contribution in [3.63, 3.8) is 0 Å². The average Bonchev–Trinajstić information content (AvgIpc) is 2.88. The quantitative estimate of drug-likeness (QED) is 0.783. The monoisotopic (exact) mass is 306 g/mol. The van der Waals surface area contributed by atoms with Crippen molar-refractivity contribution in [2.45, 2.75) is 17.5 Å². The van der Waals surface area contributed by atoms with Crippen LogP contribution in [0, 0.1) is 0 Å². The Morgan fingerprint density at radius 2 is 2.32 bits per heavy atom. The van der Waals surface area contributed by atoms with E-state index in [4.69, 9.17) is 9.47 Å². The van der Waals surface area contributed by atoms with Crippen molar-refractivity contribution in [1.82, 2.24) is 10.0 Å². The Kier molecular flexibility index (Phi) is 5.31. The number of hydrogen-bond acceptors (Lipinski definition) is 6. The van der Waals surface area contributed by atoms with Crippen LogP contribution in [0.4, 0.5) is 0 Å². The molecule has 1 aliphatic heterocycles. The highest BCUT2D eigenvalue weighted by atomic mass is 32.2. The summed E-state index contributed by atoms with van der Waals surface area (Å²) < 4.78 is 37.3. The summed E-state index contributed by atoms with van der Waals surface area (Å²) in [4.78, 5) is 1.29. The summed E-state index contributed by atoms with van der Waals surface area (Å²) in [6, 6.07) is 1.68. The average molecular weight is 306 g/mol. The van der Waals surface area contributed by atoms with Gasteiger partial charge in [-0.1, -0.05) is 0 Å². The van der Waals surface area contributed by atoms with Crippen molar-refractivity contribution in [2.24, 2.45) is 0 Å². The van der Waals surface area contributed by atoms with Crippen LogP contribution in [-0.4, -0.2) is 47.9 Å². The van der Waals surface area contributed by atoms with Crippen LogP contribution < -0.4 is 10.0 Å². The zero-order valence-electron chi connectivity index (χ0n) is 10.7. The van der Waals surface area contributed by atoms with Crippen LogP contribution in [0.2, 0.25) is 0 Å². The molecule has 6 nitrogen and oxygen atoms in total. The predicted octanol–water partition coefficient (Wildman–Crippen LogP) is 0.161. The molecule has 108 valence electrons. The number of nitrogens with one attached hydrogen (secondary N) is 2. The first-order valence-electron chi connectivity index (χ1n) is 6.03. The maximum atomic E-state index is 12.1. The van der Waals surface area contributed by atoms with Crippen molar-refractivity contribution in [3.05, 3.63) is 16.3 Å². The lowest BCUT2D eigenvalue weighted by Crippen LogP contribution is -2.39. The number of rotatable bonds is 6. The molecule has 8 heteroatoms. The van der Waals surface area contributed by atoms with Gasteiger partial charge in [0.1, 0.15) is 0 Å². The van der Waals surface area contributed by atoms with Gasteiger partial charge in [0.2, 0.25) is 10.0 Å². The van der Waals surface area contributed by atoms with Crippen LogP contribution >= 0.6 is 11.3 Å². The van der Waals surface area contributed by atoms with Gasteiger partial charge in [-0.2, -0.15) is 0 Å². The molecule has 0 bridgehead atoms. The molecular formula is C11H18N2O4S2. The Balaban J connectivity index is 1.92. The summed E-state index contributed by atoms with van der Waals surface area (Å²) in [5.41, 5.74) is 0. The molecule has 1 atom stereocenters. The van der Waals surface area contributed by atoms with Gasteiger partial charge in [0.05, 0.1) is 30.8 Å². The van der Waals surface area contributed by atoms with Gasteiger partial charge >= 0.3 is 0 Å². The Labute approximate surface area is 117 Å². The van der Waals surface area contributed by atoms with Crippen molar-refractivity contribution in [1.29, 1.82) is 0 Å². The number of ether oxygens (including phenoxy) is 2. The van der Waals surface area contributed by atoms with Crippen molar-refractivity contribution in [2.75, 3.05) is 33.4 Å². The van der Waals surface area contributed by atoms with Gasteiger partial charge in [-0.05, 0) is 13.1 Å². The maximum absolute atomic E-state index is 12.1. The molecule has 1 fully saturated rings.